The number of Topliss-reactive ketones (excluding diaryl/α,β-unsaturated/α-hetero) is 1. The number of nitro groups is 1. The molecule has 2 fully saturated rings. The Labute approximate surface area is 187 Å². The van der Waals surface area contributed by atoms with Crippen LogP contribution in [0.5, 0.6) is 0 Å². The molecule has 1 heterocycles. The highest BCUT2D eigenvalue weighted by Gasteiger charge is 2.52. The SMILES string of the molecule is O=C(CN(C(=O)c1ccccc1[N+](=O)[O-])N1C(=O)[C@H]2CCCC[C@H]2C1=O)c1ccc(F)cc1. The van der Waals surface area contributed by atoms with Crippen LogP contribution < -0.4 is 0 Å². The molecule has 1 saturated carbocycles. The van der Waals surface area contributed by atoms with Gasteiger partial charge in [0, 0.05) is 11.6 Å². The summed E-state index contributed by atoms with van der Waals surface area (Å²) in [6, 6.07) is 9.70. The van der Waals surface area contributed by atoms with Crippen LogP contribution in [0.25, 0.3) is 0 Å². The van der Waals surface area contributed by atoms with Gasteiger partial charge in [-0.3, -0.25) is 29.3 Å². The van der Waals surface area contributed by atoms with E-state index in [2.05, 4.69) is 0 Å². The fourth-order valence-corrected chi connectivity index (χ4v) is 4.43. The van der Waals surface area contributed by atoms with Gasteiger partial charge in [0.1, 0.15) is 17.9 Å². The first-order valence-electron chi connectivity index (χ1n) is 10.5. The molecule has 0 radical (unpaired) electrons. The van der Waals surface area contributed by atoms with Crippen molar-refractivity contribution in [2.75, 3.05) is 6.54 Å². The number of benzene rings is 2. The molecule has 0 N–H and O–H groups in total. The van der Waals surface area contributed by atoms with E-state index in [0.29, 0.717) is 22.9 Å². The summed E-state index contributed by atoms with van der Waals surface area (Å²) in [5.41, 5.74) is -0.809. The van der Waals surface area contributed by atoms with Crippen LogP contribution in [0, 0.1) is 27.8 Å². The van der Waals surface area contributed by atoms with E-state index >= 15 is 0 Å². The predicted molar refractivity (Wildman–Crippen MR) is 112 cm³/mol. The van der Waals surface area contributed by atoms with Crippen molar-refractivity contribution >= 4 is 29.2 Å². The number of nitro benzene ring substituents is 1. The third-order valence-electron chi connectivity index (χ3n) is 6.08. The van der Waals surface area contributed by atoms with Gasteiger partial charge in [0.05, 0.1) is 16.8 Å². The second-order valence-electron chi connectivity index (χ2n) is 8.05. The van der Waals surface area contributed by atoms with Crippen LogP contribution >= 0.6 is 0 Å². The van der Waals surface area contributed by atoms with Crippen molar-refractivity contribution in [3.63, 3.8) is 0 Å². The summed E-state index contributed by atoms with van der Waals surface area (Å²) >= 11 is 0. The Morgan fingerprint density at radius 3 is 2.15 bits per heavy atom. The van der Waals surface area contributed by atoms with Crippen molar-refractivity contribution in [3.05, 3.63) is 75.6 Å². The molecule has 170 valence electrons. The molecule has 2 aromatic carbocycles. The minimum atomic E-state index is -1.02. The molecule has 2 aliphatic rings. The number of halogens is 1. The Morgan fingerprint density at radius 1 is 1.00 bits per heavy atom. The Hall–Kier alpha value is -3.95. The number of fused-ring (bicyclic) bond motifs is 1. The minimum absolute atomic E-state index is 0.0632. The van der Waals surface area contributed by atoms with Gasteiger partial charge in [-0.25, -0.2) is 9.40 Å². The van der Waals surface area contributed by atoms with Crippen molar-refractivity contribution in [2.45, 2.75) is 25.7 Å². The molecule has 0 aromatic heterocycles. The highest BCUT2D eigenvalue weighted by atomic mass is 19.1. The molecule has 0 unspecified atom stereocenters. The number of para-hydroxylation sites is 1. The van der Waals surface area contributed by atoms with Crippen LogP contribution in [0.4, 0.5) is 10.1 Å². The van der Waals surface area contributed by atoms with Crippen molar-refractivity contribution in [1.82, 2.24) is 10.0 Å². The van der Waals surface area contributed by atoms with Crippen molar-refractivity contribution < 1.29 is 28.5 Å². The van der Waals surface area contributed by atoms with E-state index in [1.165, 1.54) is 30.3 Å². The zero-order valence-corrected chi connectivity index (χ0v) is 17.5. The first kappa shape index (κ1) is 22.3. The van der Waals surface area contributed by atoms with Crippen LogP contribution in [-0.2, 0) is 9.59 Å². The average molecular weight is 453 g/mol. The Morgan fingerprint density at radius 2 is 1.58 bits per heavy atom. The number of hydrogen-bond acceptors (Lipinski definition) is 6. The predicted octanol–water partition coefficient (Wildman–Crippen LogP) is 3.15. The molecule has 0 spiro atoms. The first-order valence-corrected chi connectivity index (χ1v) is 10.5. The zero-order valence-electron chi connectivity index (χ0n) is 17.5. The highest BCUT2D eigenvalue weighted by Crippen LogP contribution is 2.39. The maximum Gasteiger partial charge on any atom is 0.282 e. The van der Waals surface area contributed by atoms with E-state index in [-0.39, 0.29) is 11.1 Å². The summed E-state index contributed by atoms with van der Waals surface area (Å²) in [4.78, 5) is 63.3. The van der Waals surface area contributed by atoms with Gasteiger partial charge in [-0.1, -0.05) is 25.0 Å². The topological polar surface area (TPSA) is 118 Å². The minimum Gasteiger partial charge on any atom is -0.292 e. The summed E-state index contributed by atoms with van der Waals surface area (Å²) in [6.45, 7) is -0.715. The lowest BCUT2D eigenvalue weighted by Crippen LogP contribution is -2.52. The van der Waals surface area contributed by atoms with E-state index in [4.69, 9.17) is 0 Å². The van der Waals surface area contributed by atoms with Crippen LogP contribution in [0.15, 0.2) is 48.5 Å². The second-order valence-corrected chi connectivity index (χ2v) is 8.05. The van der Waals surface area contributed by atoms with Gasteiger partial charge in [0.15, 0.2) is 5.78 Å². The molecular formula is C23H20FN3O6. The second kappa shape index (κ2) is 8.89. The number of ketones is 1. The molecule has 4 rings (SSSR count). The maximum absolute atomic E-state index is 13.4. The van der Waals surface area contributed by atoms with Crippen LogP contribution in [-0.4, -0.2) is 45.0 Å². The highest BCUT2D eigenvalue weighted by molar-refractivity contribution is 6.10. The summed E-state index contributed by atoms with van der Waals surface area (Å²) < 4.78 is 13.3. The lowest BCUT2D eigenvalue weighted by Gasteiger charge is -2.30. The van der Waals surface area contributed by atoms with E-state index < -0.39 is 58.3 Å². The van der Waals surface area contributed by atoms with Crippen LogP contribution in [0.3, 0.4) is 0 Å². The van der Waals surface area contributed by atoms with Crippen LogP contribution in [0.2, 0.25) is 0 Å². The summed E-state index contributed by atoms with van der Waals surface area (Å²) in [6.07, 6.45) is 2.51. The molecule has 1 saturated heterocycles. The van der Waals surface area contributed by atoms with Gasteiger partial charge in [0.2, 0.25) is 0 Å². The van der Waals surface area contributed by atoms with E-state index in [1.807, 2.05) is 0 Å². The molecule has 9 nitrogen and oxygen atoms in total. The third-order valence-corrected chi connectivity index (χ3v) is 6.08. The molecule has 1 aliphatic heterocycles. The van der Waals surface area contributed by atoms with Gasteiger partial charge in [-0.15, -0.1) is 0 Å². The molecule has 0 bridgehead atoms. The van der Waals surface area contributed by atoms with Gasteiger partial charge in [0.25, 0.3) is 23.4 Å². The molecule has 10 heteroatoms. The zero-order chi connectivity index (χ0) is 23.7. The summed E-state index contributed by atoms with van der Waals surface area (Å²) in [5, 5.41) is 12.8. The smallest absolute Gasteiger partial charge is 0.282 e. The number of carbonyl (C=O) groups excluding carboxylic acids is 4. The van der Waals surface area contributed by atoms with E-state index in [0.717, 1.165) is 31.0 Å². The van der Waals surface area contributed by atoms with E-state index in [9.17, 15) is 33.7 Å². The number of amides is 3. The molecule has 1 aliphatic carbocycles. The number of imide groups is 1. The molecule has 2 aromatic rings. The molecule has 33 heavy (non-hydrogen) atoms. The van der Waals surface area contributed by atoms with E-state index in [1.54, 1.807) is 0 Å². The Kier molecular flexibility index (Phi) is 5.99. The molecular weight excluding hydrogens is 433 g/mol. The number of hydrazine groups is 1. The maximum atomic E-state index is 13.4. The summed E-state index contributed by atoms with van der Waals surface area (Å²) in [7, 11) is 0. The number of rotatable bonds is 6. The largest absolute Gasteiger partial charge is 0.292 e. The first-order chi connectivity index (χ1) is 15.8. The lowest BCUT2D eigenvalue weighted by atomic mass is 9.81. The average Bonchev–Trinajstić information content (AvgIpc) is 3.07. The lowest BCUT2D eigenvalue weighted by molar-refractivity contribution is -0.385. The van der Waals surface area contributed by atoms with Crippen molar-refractivity contribution in [2.24, 2.45) is 11.8 Å². The quantitative estimate of drug-likeness (QED) is 0.287. The van der Waals surface area contributed by atoms with Crippen molar-refractivity contribution in [1.29, 1.82) is 0 Å². The Bertz CT molecular complexity index is 1130. The standard InChI is InChI=1S/C23H20FN3O6/c24-15-11-9-14(10-12-15)20(28)13-25(21(29)18-7-3-4-8-19(18)27(32)33)26-22(30)16-5-1-2-6-17(16)23(26)31/h3-4,7-12,16-17H,1-2,5-6,13H2/t16-,17+. The fraction of sp³-hybridized carbons (Fsp3) is 0.304. The summed E-state index contributed by atoms with van der Waals surface area (Å²) in [5.74, 6) is -4.60. The monoisotopic (exact) mass is 453 g/mol. The normalized spacial score (nSPS) is 19.8. The van der Waals surface area contributed by atoms with Gasteiger partial charge < -0.3 is 0 Å². The van der Waals surface area contributed by atoms with Gasteiger partial charge in [-0.05, 0) is 43.2 Å². The number of hydrogen-bond donors (Lipinski definition) is 0. The number of carbonyl (C=O) groups is 4. The molecule has 3 amide bonds. The number of nitrogens with zero attached hydrogens (tertiary/aromatic N) is 3. The third kappa shape index (κ3) is 4.11. The fourth-order valence-electron chi connectivity index (χ4n) is 4.43. The van der Waals surface area contributed by atoms with Gasteiger partial charge >= 0.3 is 0 Å². The Balaban J connectivity index is 1.74. The molecule has 2 atom stereocenters. The van der Waals surface area contributed by atoms with Crippen molar-refractivity contribution in [3.8, 4) is 0 Å². The van der Waals surface area contributed by atoms with Crippen LogP contribution in [0.1, 0.15) is 46.4 Å². The van der Waals surface area contributed by atoms with Gasteiger partial charge in [-0.2, -0.15) is 5.01 Å².